The Labute approximate surface area is 156 Å². The normalized spacial score (nSPS) is 11.6. The summed E-state index contributed by atoms with van der Waals surface area (Å²) >= 11 is 0. The van der Waals surface area contributed by atoms with E-state index in [1.54, 1.807) is 31.2 Å². The quantitative estimate of drug-likeness (QED) is 0.678. The highest BCUT2D eigenvalue weighted by Gasteiger charge is 2.18. The molecule has 0 aliphatic carbocycles. The fourth-order valence-corrected chi connectivity index (χ4v) is 2.47. The molecule has 2 amide bonds. The van der Waals surface area contributed by atoms with Crippen molar-refractivity contribution in [2.45, 2.75) is 26.5 Å². The number of hydrogen-bond acceptors (Lipinski definition) is 5. The van der Waals surface area contributed by atoms with Crippen LogP contribution in [0.15, 0.2) is 54.6 Å². The summed E-state index contributed by atoms with van der Waals surface area (Å²) in [7, 11) is 0. The van der Waals surface area contributed by atoms with Gasteiger partial charge in [-0.05, 0) is 38.1 Å². The molecule has 1 aromatic heterocycles. The van der Waals surface area contributed by atoms with Crippen molar-refractivity contribution in [2.75, 3.05) is 5.32 Å². The van der Waals surface area contributed by atoms with Crippen molar-refractivity contribution in [3.8, 4) is 0 Å². The van der Waals surface area contributed by atoms with Crippen molar-refractivity contribution >= 4 is 28.7 Å². The summed E-state index contributed by atoms with van der Waals surface area (Å²) in [6, 6.07) is 15.2. The number of urea groups is 1. The number of benzene rings is 2. The van der Waals surface area contributed by atoms with Gasteiger partial charge >= 0.3 is 12.0 Å². The molecule has 27 heavy (non-hydrogen) atoms. The molecule has 2 N–H and O–H groups in total. The molecule has 1 heterocycles. The van der Waals surface area contributed by atoms with Gasteiger partial charge in [0.05, 0.1) is 22.4 Å². The molecule has 0 aliphatic rings. The van der Waals surface area contributed by atoms with Crippen molar-refractivity contribution in [2.24, 2.45) is 0 Å². The molecule has 7 heteroatoms. The highest BCUT2D eigenvalue weighted by molar-refractivity contribution is 5.92. The Hall–Kier alpha value is -3.48. The third-order valence-corrected chi connectivity index (χ3v) is 3.93. The number of aromatic nitrogens is 2. The number of nitrogens with one attached hydrogen (secondary N) is 2. The maximum atomic E-state index is 12.2. The van der Waals surface area contributed by atoms with Gasteiger partial charge in [0.2, 0.25) is 0 Å². The van der Waals surface area contributed by atoms with Crippen LogP contribution in [0.25, 0.3) is 11.0 Å². The van der Waals surface area contributed by atoms with Gasteiger partial charge in [0.15, 0.2) is 0 Å². The molecule has 3 aromatic rings. The number of carbonyl (C=O) groups excluding carboxylic acids is 2. The van der Waals surface area contributed by atoms with Gasteiger partial charge in [-0.3, -0.25) is 0 Å². The summed E-state index contributed by atoms with van der Waals surface area (Å²) in [5.41, 5.74) is 3.45. The van der Waals surface area contributed by atoms with E-state index in [1.165, 1.54) is 0 Å². The SMILES string of the molecule is Cc1nc2ccccc2nc1COC(=O)C(C)NC(=O)Nc1ccccc1. The number of carbonyl (C=O) groups is 2. The molecular formula is C20H20N4O3. The van der Waals surface area contributed by atoms with E-state index in [9.17, 15) is 9.59 Å². The highest BCUT2D eigenvalue weighted by Crippen LogP contribution is 2.13. The minimum atomic E-state index is -0.803. The van der Waals surface area contributed by atoms with E-state index in [0.717, 1.165) is 11.0 Å². The molecular weight excluding hydrogens is 344 g/mol. The zero-order valence-electron chi connectivity index (χ0n) is 15.1. The number of aryl methyl sites for hydroxylation is 1. The first-order valence-electron chi connectivity index (χ1n) is 8.54. The van der Waals surface area contributed by atoms with E-state index in [0.29, 0.717) is 17.1 Å². The van der Waals surface area contributed by atoms with Crippen molar-refractivity contribution in [3.05, 3.63) is 66.0 Å². The van der Waals surface area contributed by atoms with Crippen LogP contribution in [0.2, 0.25) is 0 Å². The number of rotatable bonds is 5. The molecule has 0 bridgehead atoms. The minimum Gasteiger partial charge on any atom is -0.458 e. The third kappa shape index (κ3) is 4.78. The number of ether oxygens (including phenoxy) is 1. The molecule has 0 saturated carbocycles. The van der Waals surface area contributed by atoms with Crippen LogP contribution in [-0.4, -0.2) is 28.0 Å². The fraction of sp³-hybridized carbons (Fsp3) is 0.200. The highest BCUT2D eigenvalue weighted by atomic mass is 16.5. The Bertz CT molecular complexity index is 960. The summed E-state index contributed by atoms with van der Waals surface area (Å²) in [6.07, 6.45) is 0. The smallest absolute Gasteiger partial charge is 0.328 e. The summed E-state index contributed by atoms with van der Waals surface area (Å²) in [4.78, 5) is 33.1. The predicted molar refractivity (Wildman–Crippen MR) is 102 cm³/mol. The largest absolute Gasteiger partial charge is 0.458 e. The topological polar surface area (TPSA) is 93.2 Å². The van der Waals surface area contributed by atoms with Crippen LogP contribution in [0.5, 0.6) is 0 Å². The van der Waals surface area contributed by atoms with E-state index < -0.39 is 18.0 Å². The van der Waals surface area contributed by atoms with E-state index in [4.69, 9.17) is 4.74 Å². The molecule has 138 valence electrons. The van der Waals surface area contributed by atoms with Crippen LogP contribution < -0.4 is 10.6 Å². The Kier molecular flexibility index (Phi) is 5.61. The summed E-state index contributed by atoms with van der Waals surface area (Å²) < 4.78 is 5.29. The van der Waals surface area contributed by atoms with Crippen LogP contribution in [0.3, 0.4) is 0 Å². The lowest BCUT2D eigenvalue weighted by Gasteiger charge is -2.14. The minimum absolute atomic E-state index is 0.00513. The average molecular weight is 364 g/mol. The van der Waals surface area contributed by atoms with Gasteiger partial charge in [-0.1, -0.05) is 30.3 Å². The molecule has 0 spiro atoms. The van der Waals surface area contributed by atoms with Crippen molar-refractivity contribution in [3.63, 3.8) is 0 Å². The lowest BCUT2D eigenvalue weighted by Crippen LogP contribution is -2.41. The van der Waals surface area contributed by atoms with Crippen molar-refractivity contribution in [1.82, 2.24) is 15.3 Å². The number of hydrogen-bond donors (Lipinski definition) is 2. The molecule has 7 nitrogen and oxygen atoms in total. The standard InChI is InChI=1S/C20H20N4O3/c1-13-18(24-17-11-7-6-10-16(17)21-13)12-27-19(25)14(2)22-20(26)23-15-8-4-3-5-9-15/h3-11,14H,12H2,1-2H3,(H2,22,23,26). The first-order valence-corrected chi connectivity index (χ1v) is 8.54. The zero-order chi connectivity index (χ0) is 19.2. The van der Waals surface area contributed by atoms with Gasteiger partial charge in [0.1, 0.15) is 12.6 Å². The fourth-order valence-electron chi connectivity index (χ4n) is 2.47. The molecule has 0 saturated heterocycles. The number of para-hydroxylation sites is 3. The van der Waals surface area contributed by atoms with Gasteiger partial charge in [-0.2, -0.15) is 0 Å². The van der Waals surface area contributed by atoms with Gasteiger partial charge in [0, 0.05) is 5.69 Å². The molecule has 3 rings (SSSR count). The van der Waals surface area contributed by atoms with Gasteiger partial charge in [0.25, 0.3) is 0 Å². The molecule has 0 fully saturated rings. The summed E-state index contributed by atoms with van der Waals surface area (Å²) in [5, 5.41) is 5.20. The van der Waals surface area contributed by atoms with Crippen LogP contribution in [-0.2, 0) is 16.1 Å². The second-order valence-corrected chi connectivity index (χ2v) is 6.04. The van der Waals surface area contributed by atoms with Crippen molar-refractivity contribution < 1.29 is 14.3 Å². The lowest BCUT2D eigenvalue weighted by atomic mass is 10.2. The Balaban J connectivity index is 1.55. The van der Waals surface area contributed by atoms with Gasteiger partial charge < -0.3 is 15.4 Å². The zero-order valence-corrected chi connectivity index (χ0v) is 15.1. The molecule has 1 unspecified atom stereocenters. The number of nitrogens with zero attached hydrogens (tertiary/aromatic N) is 2. The van der Waals surface area contributed by atoms with Crippen LogP contribution in [0.4, 0.5) is 10.5 Å². The van der Waals surface area contributed by atoms with Crippen molar-refractivity contribution in [1.29, 1.82) is 0 Å². The Morgan fingerprint density at radius 2 is 1.63 bits per heavy atom. The predicted octanol–water partition coefficient (Wildman–Crippen LogP) is 3.19. The van der Waals surface area contributed by atoms with E-state index in [1.807, 2.05) is 37.3 Å². The molecule has 1 atom stereocenters. The number of fused-ring (bicyclic) bond motifs is 1. The number of anilines is 1. The first kappa shape index (κ1) is 18.3. The molecule has 0 radical (unpaired) electrons. The van der Waals surface area contributed by atoms with E-state index in [-0.39, 0.29) is 6.61 Å². The summed E-state index contributed by atoms with van der Waals surface area (Å²) in [5.74, 6) is -0.549. The van der Waals surface area contributed by atoms with Crippen LogP contribution in [0, 0.1) is 6.92 Å². The lowest BCUT2D eigenvalue weighted by molar-refractivity contribution is -0.146. The number of amides is 2. The maximum Gasteiger partial charge on any atom is 0.328 e. The third-order valence-electron chi connectivity index (χ3n) is 3.93. The monoisotopic (exact) mass is 364 g/mol. The van der Waals surface area contributed by atoms with Gasteiger partial charge in [-0.15, -0.1) is 0 Å². The summed E-state index contributed by atoms with van der Waals surface area (Å²) in [6.45, 7) is 3.37. The molecule has 0 aliphatic heterocycles. The van der Waals surface area contributed by atoms with E-state index in [2.05, 4.69) is 20.6 Å². The van der Waals surface area contributed by atoms with Crippen LogP contribution >= 0.6 is 0 Å². The van der Waals surface area contributed by atoms with Gasteiger partial charge in [-0.25, -0.2) is 19.6 Å². The second-order valence-electron chi connectivity index (χ2n) is 6.04. The first-order chi connectivity index (χ1) is 13.0. The Morgan fingerprint density at radius 1 is 1.00 bits per heavy atom. The molecule has 2 aromatic carbocycles. The maximum absolute atomic E-state index is 12.2. The van der Waals surface area contributed by atoms with E-state index >= 15 is 0 Å². The second kappa shape index (κ2) is 8.27. The number of esters is 1. The average Bonchev–Trinajstić information content (AvgIpc) is 2.66. The van der Waals surface area contributed by atoms with Crippen LogP contribution in [0.1, 0.15) is 18.3 Å². The Morgan fingerprint density at radius 3 is 2.33 bits per heavy atom.